The molecule has 7 heteroatoms. The number of nitrogens with one attached hydrogen (secondary N) is 2. The normalized spacial score (nSPS) is 11.6. The molecular weight excluding hydrogens is 262 g/mol. The molecule has 2 N–H and O–H groups in total. The van der Waals surface area contributed by atoms with E-state index in [-0.39, 0.29) is 6.04 Å². The Bertz CT molecular complexity index is 440. The number of nitrogens with zero attached hydrogens (tertiary/aromatic N) is 1. The highest BCUT2D eigenvalue weighted by Crippen LogP contribution is 2.28. The third kappa shape index (κ3) is 4.58. The van der Waals surface area contributed by atoms with Crippen molar-refractivity contribution in [2.45, 2.75) is 19.5 Å². The molecule has 112 valence electrons. The molecule has 0 aromatic carbocycles. The van der Waals surface area contributed by atoms with Crippen molar-refractivity contribution in [2.75, 3.05) is 27.9 Å². The first kappa shape index (κ1) is 16.0. The van der Waals surface area contributed by atoms with E-state index in [0.717, 1.165) is 5.69 Å². The molecule has 1 aromatic rings. The number of carbonyl (C=O) groups excluding carboxylic acids is 1. The summed E-state index contributed by atoms with van der Waals surface area (Å²) < 4.78 is 15.0. The Morgan fingerprint density at radius 2 is 2.10 bits per heavy atom. The van der Waals surface area contributed by atoms with Crippen LogP contribution in [0.4, 0.5) is 4.79 Å². The molecule has 0 saturated carbocycles. The van der Waals surface area contributed by atoms with Gasteiger partial charge in [0.15, 0.2) is 11.5 Å². The van der Waals surface area contributed by atoms with Gasteiger partial charge in [0.05, 0.1) is 27.0 Å². The van der Waals surface area contributed by atoms with Gasteiger partial charge in [-0.25, -0.2) is 4.79 Å². The predicted octanol–water partition coefficient (Wildman–Crippen LogP) is 0.933. The second-order valence-electron chi connectivity index (χ2n) is 4.15. The SMILES string of the molecule is COC(=O)NCC(C)NCc1nccc(OC)c1OC. The van der Waals surface area contributed by atoms with E-state index in [4.69, 9.17) is 9.47 Å². The van der Waals surface area contributed by atoms with Crippen LogP contribution in [0.1, 0.15) is 12.6 Å². The van der Waals surface area contributed by atoms with Crippen LogP contribution < -0.4 is 20.1 Å². The van der Waals surface area contributed by atoms with Gasteiger partial charge in [-0.3, -0.25) is 4.98 Å². The monoisotopic (exact) mass is 283 g/mol. The van der Waals surface area contributed by atoms with Gasteiger partial charge in [0.1, 0.15) is 0 Å². The highest BCUT2D eigenvalue weighted by Gasteiger charge is 2.12. The maximum Gasteiger partial charge on any atom is 0.406 e. The number of aromatic nitrogens is 1. The van der Waals surface area contributed by atoms with Gasteiger partial charge in [-0.1, -0.05) is 0 Å². The maximum atomic E-state index is 11.0. The number of hydrogen-bond donors (Lipinski definition) is 2. The van der Waals surface area contributed by atoms with Crippen molar-refractivity contribution in [1.82, 2.24) is 15.6 Å². The van der Waals surface area contributed by atoms with Gasteiger partial charge >= 0.3 is 6.09 Å². The third-order valence-electron chi connectivity index (χ3n) is 2.72. The fourth-order valence-electron chi connectivity index (χ4n) is 1.63. The van der Waals surface area contributed by atoms with Crippen molar-refractivity contribution in [3.63, 3.8) is 0 Å². The van der Waals surface area contributed by atoms with Crippen molar-refractivity contribution >= 4 is 6.09 Å². The lowest BCUT2D eigenvalue weighted by atomic mass is 10.2. The lowest BCUT2D eigenvalue weighted by Crippen LogP contribution is -2.38. The topological polar surface area (TPSA) is 81.7 Å². The van der Waals surface area contributed by atoms with Gasteiger partial charge < -0.3 is 24.8 Å². The average Bonchev–Trinajstić information content (AvgIpc) is 2.49. The lowest BCUT2D eigenvalue weighted by Gasteiger charge is -2.16. The first-order chi connectivity index (χ1) is 9.62. The van der Waals surface area contributed by atoms with Gasteiger partial charge in [-0.2, -0.15) is 0 Å². The molecule has 1 rings (SSSR count). The van der Waals surface area contributed by atoms with Gasteiger partial charge in [0, 0.05) is 31.4 Å². The summed E-state index contributed by atoms with van der Waals surface area (Å²) >= 11 is 0. The van der Waals surface area contributed by atoms with E-state index in [1.165, 1.54) is 7.11 Å². The highest BCUT2D eigenvalue weighted by molar-refractivity contribution is 5.66. The summed E-state index contributed by atoms with van der Waals surface area (Å²) in [4.78, 5) is 15.2. The number of hydrogen-bond acceptors (Lipinski definition) is 6. The highest BCUT2D eigenvalue weighted by atomic mass is 16.5. The standard InChI is InChI=1S/C13H21N3O4/c1-9(7-16-13(17)20-4)15-8-10-12(19-3)11(18-2)5-6-14-10/h5-6,9,15H,7-8H2,1-4H3,(H,16,17). The minimum Gasteiger partial charge on any atom is -0.493 e. The first-order valence-corrected chi connectivity index (χ1v) is 6.23. The van der Waals surface area contributed by atoms with Gasteiger partial charge in [-0.15, -0.1) is 0 Å². The number of alkyl carbamates (subject to hydrolysis) is 1. The zero-order valence-corrected chi connectivity index (χ0v) is 12.2. The third-order valence-corrected chi connectivity index (χ3v) is 2.72. The van der Waals surface area contributed by atoms with Crippen LogP contribution in [0, 0.1) is 0 Å². The Balaban J connectivity index is 2.54. The number of amides is 1. The van der Waals surface area contributed by atoms with E-state index >= 15 is 0 Å². The number of pyridine rings is 1. The van der Waals surface area contributed by atoms with Crippen LogP contribution in [0.5, 0.6) is 11.5 Å². The van der Waals surface area contributed by atoms with Crippen molar-refractivity contribution in [3.8, 4) is 11.5 Å². The molecule has 0 saturated heterocycles. The number of methoxy groups -OCH3 is 3. The first-order valence-electron chi connectivity index (χ1n) is 6.23. The molecule has 0 spiro atoms. The lowest BCUT2D eigenvalue weighted by molar-refractivity contribution is 0.170. The Morgan fingerprint density at radius 1 is 1.35 bits per heavy atom. The van der Waals surface area contributed by atoms with Crippen molar-refractivity contribution in [3.05, 3.63) is 18.0 Å². The number of ether oxygens (including phenoxy) is 3. The van der Waals surface area contributed by atoms with Gasteiger partial charge in [0.2, 0.25) is 0 Å². The summed E-state index contributed by atoms with van der Waals surface area (Å²) in [5.41, 5.74) is 0.747. The molecule has 0 bridgehead atoms. The number of carbonyl (C=O) groups is 1. The van der Waals surface area contributed by atoms with Gasteiger partial charge in [0.25, 0.3) is 0 Å². The van der Waals surface area contributed by atoms with Crippen LogP contribution in [0.25, 0.3) is 0 Å². The van der Waals surface area contributed by atoms with Crippen LogP contribution in [-0.4, -0.2) is 45.0 Å². The molecule has 1 atom stereocenters. The van der Waals surface area contributed by atoms with E-state index in [0.29, 0.717) is 24.6 Å². The maximum absolute atomic E-state index is 11.0. The van der Waals surface area contributed by atoms with Gasteiger partial charge in [-0.05, 0) is 6.92 Å². The van der Waals surface area contributed by atoms with Crippen molar-refractivity contribution < 1.29 is 19.0 Å². The molecule has 1 heterocycles. The van der Waals surface area contributed by atoms with Crippen molar-refractivity contribution in [2.24, 2.45) is 0 Å². The van der Waals surface area contributed by atoms with E-state index in [2.05, 4.69) is 20.4 Å². The van der Waals surface area contributed by atoms with Crippen LogP contribution in [0.2, 0.25) is 0 Å². The molecule has 0 aliphatic carbocycles. The molecule has 1 aromatic heterocycles. The molecule has 7 nitrogen and oxygen atoms in total. The van der Waals surface area contributed by atoms with E-state index in [1.807, 2.05) is 6.92 Å². The fourth-order valence-corrected chi connectivity index (χ4v) is 1.63. The number of rotatable bonds is 7. The summed E-state index contributed by atoms with van der Waals surface area (Å²) in [6.45, 7) is 2.91. The molecule has 0 fully saturated rings. The van der Waals surface area contributed by atoms with E-state index in [9.17, 15) is 4.79 Å². The second kappa shape index (κ2) is 8.21. The Kier molecular flexibility index (Phi) is 6.58. The van der Waals surface area contributed by atoms with Crippen LogP contribution in [0.3, 0.4) is 0 Å². The molecule has 20 heavy (non-hydrogen) atoms. The van der Waals surface area contributed by atoms with Crippen LogP contribution in [-0.2, 0) is 11.3 Å². The summed E-state index contributed by atoms with van der Waals surface area (Å²) in [6, 6.07) is 1.80. The zero-order chi connectivity index (χ0) is 15.0. The summed E-state index contributed by atoms with van der Waals surface area (Å²) in [5, 5.41) is 5.86. The van der Waals surface area contributed by atoms with Crippen LogP contribution >= 0.6 is 0 Å². The Morgan fingerprint density at radius 3 is 2.70 bits per heavy atom. The Hall–Kier alpha value is -2.02. The van der Waals surface area contributed by atoms with Crippen LogP contribution in [0.15, 0.2) is 12.3 Å². The molecule has 1 amide bonds. The minimum atomic E-state index is -0.448. The predicted molar refractivity (Wildman–Crippen MR) is 74.1 cm³/mol. The summed E-state index contributed by atoms with van der Waals surface area (Å²) in [5.74, 6) is 1.25. The zero-order valence-electron chi connectivity index (χ0n) is 12.2. The molecule has 0 radical (unpaired) electrons. The summed E-state index contributed by atoms with van der Waals surface area (Å²) in [7, 11) is 4.49. The minimum absolute atomic E-state index is 0.0619. The van der Waals surface area contributed by atoms with Crippen molar-refractivity contribution in [1.29, 1.82) is 0 Å². The molecule has 1 unspecified atom stereocenters. The molecule has 0 aliphatic heterocycles. The second-order valence-corrected chi connectivity index (χ2v) is 4.15. The largest absolute Gasteiger partial charge is 0.493 e. The quantitative estimate of drug-likeness (QED) is 0.775. The smallest absolute Gasteiger partial charge is 0.406 e. The summed E-state index contributed by atoms with van der Waals surface area (Å²) in [6.07, 6.45) is 1.21. The van der Waals surface area contributed by atoms with E-state index < -0.39 is 6.09 Å². The fraction of sp³-hybridized carbons (Fsp3) is 0.538. The Labute approximate surface area is 118 Å². The van der Waals surface area contributed by atoms with E-state index in [1.54, 1.807) is 26.5 Å². The molecule has 0 aliphatic rings. The molecular formula is C13H21N3O4. The average molecular weight is 283 g/mol.